The van der Waals surface area contributed by atoms with Gasteiger partial charge >= 0.3 is 0 Å². The topological polar surface area (TPSA) is 39.1 Å². The van der Waals surface area contributed by atoms with E-state index in [9.17, 15) is 12.8 Å². The summed E-state index contributed by atoms with van der Waals surface area (Å²) in [5.41, 5.74) is 2.76. The van der Waals surface area contributed by atoms with E-state index in [4.69, 9.17) is 0 Å². The molecule has 0 unspecified atom stereocenters. The summed E-state index contributed by atoms with van der Waals surface area (Å²) in [4.78, 5) is 0.228. The van der Waals surface area contributed by atoms with E-state index < -0.39 is 10.0 Å². The summed E-state index contributed by atoms with van der Waals surface area (Å²) in [7, 11) is -3.71. The number of benzene rings is 2. The van der Waals surface area contributed by atoms with Crippen LogP contribution in [0.15, 0.2) is 65.6 Å². The van der Waals surface area contributed by atoms with Crippen molar-refractivity contribution in [3.05, 3.63) is 77.7 Å². The van der Waals surface area contributed by atoms with Crippen molar-refractivity contribution < 1.29 is 12.8 Å². The Morgan fingerprint density at radius 1 is 0.826 bits per heavy atom. The van der Waals surface area contributed by atoms with Gasteiger partial charge in [-0.3, -0.25) is 0 Å². The van der Waals surface area contributed by atoms with Crippen molar-refractivity contribution in [1.82, 2.24) is 3.97 Å². The molecule has 0 aliphatic heterocycles. The highest BCUT2D eigenvalue weighted by Gasteiger charge is 2.22. The van der Waals surface area contributed by atoms with Crippen molar-refractivity contribution in [2.24, 2.45) is 0 Å². The summed E-state index contributed by atoms with van der Waals surface area (Å²) < 4.78 is 40.4. The van der Waals surface area contributed by atoms with E-state index in [1.54, 1.807) is 55.5 Å². The number of aromatic nitrogens is 1. The maximum atomic E-state index is 13.1. The molecule has 0 saturated carbocycles. The van der Waals surface area contributed by atoms with Crippen LogP contribution in [-0.2, 0) is 10.0 Å². The van der Waals surface area contributed by atoms with Crippen molar-refractivity contribution in [2.45, 2.75) is 18.7 Å². The third-order valence-corrected chi connectivity index (χ3v) is 5.55. The van der Waals surface area contributed by atoms with Crippen LogP contribution in [0.2, 0.25) is 0 Å². The number of aryl methyl sites for hydroxylation is 2. The minimum Gasteiger partial charge on any atom is -0.238 e. The van der Waals surface area contributed by atoms with Gasteiger partial charge in [0.1, 0.15) is 5.82 Å². The van der Waals surface area contributed by atoms with Crippen LogP contribution < -0.4 is 0 Å². The van der Waals surface area contributed by atoms with Crippen molar-refractivity contribution in [1.29, 1.82) is 0 Å². The molecular weight excluding hydrogens is 313 g/mol. The molecule has 0 atom stereocenters. The number of hydrogen-bond acceptors (Lipinski definition) is 2. The van der Waals surface area contributed by atoms with Crippen LogP contribution in [-0.4, -0.2) is 12.4 Å². The van der Waals surface area contributed by atoms with Gasteiger partial charge in [-0.2, -0.15) is 0 Å². The summed E-state index contributed by atoms with van der Waals surface area (Å²) in [6.07, 6.45) is 0. The minimum absolute atomic E-state index is 0.228. The van der Waals surface area contributed by atoms with Crippen molar-refractivity contribution in [3.8, 4) is 11.3 Å². The molecule has 0 spiro atoms. The minimum atomic E-state index is -3.71. The number of rotatable bonds is 3. The average Bonchev–Trinajstić information content (AvgIpc) is 2.91. The second-order valence-electron chi connectivity index (χ2n) is 5.45. The maximum absolute atomic E-state index is 13.1. The highest BCUT2D eigenvalue weighted by atomic mass is 32.2. The molecule has 0 N–H and O–H groups in total. The van der Waals surface area contributed by atoms with Crippen molar-refractivity contribution >= 4 is 10.0 Å². The van der Waals surface area contributed by atoms with E-state index in [0.29, 0.717) is 17.0 Å². The molecule has 0 fully saturated rings. The van der Waals surface area contributed by atoms with Crippen LogP contribution in [0.1, 0.15) is 11.3 Å². The molecule has 118 valence electrons. The molecule has 0 saturated heterocycles. The van der Waals surface area contributed by atoms with Gasteiger partial charge in [-0.15, -0.1) is 0 Å². The Bertz CT molecular complexity index is 940. The highest BCUT2D eigenvalue weighted by Crippen LogP contribution is 2.27. The quantitative estimate of drug-likeness (QED) is 0.724. The molecule has 0 amide bonds. The molecular formula is C18H16FNO2S. The molecule has 2 aromatic carbocycles. The number of nitrogens with zero attached hydrogens (tertiary/aromatic N) is 1. The van der Waals surface area contributed by atoms with Crippen molar-refractivity contribution in [2.75, 3.05) is 0 Å². The SMILES string of the molecule is Cc1ccc(S(=O)(=O)n2c(C)ccc2-c2ccc(F)cc2)cc1. The Labute approximate surface area is 135 Å². The third kappa shape index (κ3) is 2.80. The van der Waals surface area contributed by atoms with Gasteiger partial charge in [-0.1, -0.05) is 17.7 Å². The average molecular weight is 329 g/mol. The van der Waals surface area contributed by atoms with Gasteiger partial charge in [0.15, 0.2) is 0 Å². The van der Waals surface area contributed by atoms with E-state index in [-0.39, 0.29) is 10.7 Å². The lowest BCUT2D eigenvalue weighted by atomic mass is 10.1. The predicted molar refractivity (Wildman–Crippen MR) is 88.3 cm³/mol. The molecule has 1 aromatic heterocycles. The molecule has 0 radical (unpaired) electrons. The lowest BCUT2D eigenvalue weighted by Gasteiger charge is -2.13. The fraction of sp³-hybridized carbons (Fsp3) is 0.111. The predicted octanol–water partition coefficient (Wildman–Crippen LogP) is 4.15. The molecule has 23 heavy (non-hydrogen) atoms. The lowest BCUT2D eigenvalue weighted by molar-refractivity contribution is 0.587. The summed E-state index contributed by atoms with van der Waals surface area (Å²) >= 11 is 0. The summed E-state index contributed by atoms with van der Waals surface area (Å²) in [6.45, 7) is 3.64. The van der Waals surface area contributed by atoms with Gasteiger partial charge in [-0.25, -0.2) is 16.8 Å². The molecule has 0 aliphatic carbocycles. The number of halogens is 1. The van der Waals surface area contributed by atoms with Crippen LogP contribution in [0.3, 0.4) is 0 Å². The van der Waals surface area contributed by atoms with E-state index in [2.05, 4.69) is 0 Å². The smallest absolute Gasteiger partial charge is 0.238 e. The molecule has 3 nitrogen and oxygen atoms in total. The Morgan fingerprint density at radius 3 is 2.04 bits per heavy atom. The monoisotopic (exact) mass is 329 g/mol. The summed E-state index contributed by atoms with van der Waals surface area (Å²) in [5.74, 6) is -0.357. The fourth-order valence-corrected chi connectivity index (χ4v) is 4.05. The Hall–Kier alpha value is -2.40. The Morgan fingerprint density at radius 2 is 1.43 bits per heavy atom. The maximum Gasteiger partial charge on any atom is 0.268 e. The number of hydrogen-bond donors (Lipinski definition) is 0. The molecule has 5 heteroatoms. The van der Waals surface area contributed by atoms with Gasteiger partial charge in [0.25, 0.3) is 10.0 Å². The van der Waals surface area contributed by atoms with Crippen LogP contribution in [0.5, 0.6) is 0 Å². The normalized spacial score (nSPS) is 11.6. The zero-order valence-electron chi connectivity index (χ0n) is 12.8. The van der Waals surface area contributed by atoms with Gasteiger partial charge < -0.3 is 0 Å². The molecule has 0 aliphatic rings. The van der Waals surface area contributed by atoms with Crippen molar-refractivity contribution in [3.63, 3.8) is 0 Å². The fourth-order valence-electron chi connectivity index (χ4n) is 2.49. The van der Waals surface area contributed by atoms with E-state index >= 15 is 0 Å². The first-order valence-electron chi connectivity index (χ1n) is 7.16. The van der Waals surface area contributed by atoms with Gasteiger partial charge in [0, 0.05) is 5.69 Å². The van der Waals surface area contributed by atoms with Gasteiger partial charge in [0.05, 0.1) is 10.6 Å². The van der Waals surface area contributed by atoms with Crippen LogP contribution in [0.4, 0.5) is 4.39 Å². The third-order valence-electron chi connectivity index (χ3n) is 3.72. The summed E-state index contributed by atoms with van der Waals surface area (Å²) in [5, 5.41) is 0. The van der Waals surface area contributed by atoms with E-state index in [1.165, 1.54) is 16.1 Å². The first kappa shape index (κ1) is 15.5. The van der Waals surface area contributed by atoms with Gasteiger partial charge in [-0.05, 0) is 67.9 Å². The van der Waals surface area contributed by atoms with E-state index in [0.717, 1.165) is 5.56 Å². The van der Waals surface area contributed by atoms with Crippen LogP contribution >= 0.6 is 0 Å². The highest BCUT2D eigenvalue weighted by molar-refractivity contribution is 7.90. The second-order valence-corrected chi connectivity index (χ2v) is 7.24. The zero-order chi connectivity index (χ0) is 16.6. The zero-order valence-corrected chi connectivity index (χ0v) is 13.6. The molecule has 3 rings (SSSR count). The lowest BCUT2D eigenvalue weighted by Crippen LogP contribution is -2.15. The van der Waals surface area contributed by atoms with E-state index in [1.807, 2.05) is 6.92 Å². The second kappa shape index (κ2) is 5.66. The molecule has 0 bridgehead atoms. The Kier molecular flexibility index (Phi) is 3.82. The summed E-state index contributed by atoms with van der Waals surface area (Å²) in [6, 6.07) is 16.0. The Balaban J connectivity index is 2.18. The standard InChI is InChI=1S/C18H16FNO2S/c1-13-3-10-17(11-4-13)23(21,22)20-14(2)5-12-18(20)15-6-8-16(19)9-7-15/h3-12H,1-2H3. The van der Waals surface area contributed by atoms with Gasteiger partial charge in [0.2, 0.25) is 0 Å². The molecule has 1 heterocycles. The van der Waals surface area contributed by atoms with Crippen LogP contribution in [0, 0.1) is 19.7 Å². The molecule has 3 aromatic rings. The largest absolute Gasteiger partial charge is 0.268 e. The van der Waals surface area contributed by atoms with Crippen LogP contribution in [0.25, 0.3) is 11.3 Å². The first-order valence-corrected chi connectivity index (χ1v) is 8.60. The first-order chi connectivity index (χ1) is 10.9.